The van der Waals surface area contributed by atoms with Gasteiger partial charge in [-0.05, 0) is 31.2 Å². The lowest BCUT2D eigenvalue weighted by Gasteiger charge is -2.36. The Morgan fingerprint density at radius 3 is 2.57 bits per heavy atom. The number of rotatable bonds is 8. The minimum atomic E-state index is 0.672. The van der Waals surface area contributed by atoms with Crippen LogP contribution in [0.3, 0.4) is 0 Å². The molecule has 0 bridgehead atoms. The van der Waals surface area contributed by atoms with Crippen molar-refractivity contribution in [1.82, 2.24) is 15.4 Å². The molecule has 30 heavy (non-hydrogen) atoms. The Morgan fingerprint density at radius 1 is 1.03 bits per heavy atom. The topological polar surface area (TPSA) is 53.8 Å². The predicted molar refractivity (Wildman–Crippen MR) is 120 cm³/mol. The largest absolute Gasteiger partial charge is 0.496 e. The van der Waals surface area contributed by atoms with Crippen molar-refractivity contribution < 1.29 is 9.26 Å². The third-order valence-electron chi connectivity index (χ3n) is 5.62. The quantitative estimate of drug-likeness (QED) is 0.577. The molecule has 1 aromatic heterocycles. The molecule has 0 unspecified atom stereocenters. The summed E-state index contributed by atoms with van der Waals surface area (Å²) < 4.78 is 10.9. The molecule has 2 aromatic carbocycles. The third-order valence-corrected chi connectivity index (χ3v) is 5.62. The summed E-state index contributed by atoms with van der Waals surface area (Å²) in [5.41, 5.74) is 4.39. The Hall–Kier alpha value is -2.83. The maximum Gasteiger partial charge on any atom is 0.151 e. The van der Waals surface area contributed by atoms with Gasteiger partial charge in [-0.2, -0.15) is 0 Å². The van der Waals surface area contributed by atoms with E-state index >= 15 is 0 Å². The molecule has 1 fully saturated rings. The average Bonchev–Trinajstić information content (AvgIpc) is 3.26. The van der Waals surface area contributed by atoms with E-state index in [-0.39, 0.29) is 0 Å². The van der Waals surface area contributed by atoms with Crippen molar-refractivity contribution >= 4 is 5.69 Å². The van der Waals surface area contributed by atoms with E-state index in [1.165, 1.54) is 11.3 Å². The zero-order valence-electron chi connectivity index (χ0n) is 17.8. The van der Waals surface area contributed by atoms with Crippen LogP contribution in [0.15, 0.2) is 59.1 Å². The van der Waals surface area contributed by atoms with Crippen LogP contribution < -0.4 is 15.0 Å². The molecule has 6 heteroatoms. The second kappa shape index (κ2) is 9.78. The van der Waals surface area contributed by atoms with Crippen LogP contribution >= 0.6 is 0 Å². The highest BCUT2D eigenvalue weighted by Gasteiger charge is 2.17. The summed E-state index contributed by atoms with van der Waals surface area (Å²) in [5, 5.41) is 7.67. The van der Waals surface area contributed by atoms with Crippen molar-refractivity contribution in [1.29, 1.82) is 0 Å². The molecule has 4 rings (SSSR count). The summed E-state index contributed by atoms with van der Waals surface area (Å²) in [6.07, 6.45) is 0. The van der Waals surface area contributed by atoms with Gasteiger partial charge in [0, 0.05) is 56.6 Å². The number of nitrogens with one attached hydrogen (secondary N) is 1. The number of para-hydroxylation sites is 1. The molecule has 0 radical (unpaired) electrons. The van der Waals surface area contributed by atoms with Gasteiger partial charge in [-0.1, -0.05) is 35.0 Å². The zero-order valence-corrected chi connectivity index (χ0v) is 17.8. The first kappa shape index (κ1) is 20.4. The van der Waals surface area contributed by atoms with Crippen molar-refractivity contribution in [3.8, 4) is 17.0 Å². The van der Waals surface area contributed by atoms with E-state index in [1.54, 1.807) is 7.11 Å². The highest BCUT2D eigenvalue weighted by atomic mass is 16.5. The molecular formula is C24H30N4O2. The van der Waals surface area contributed by atoms with Crippen LogP contribution in [0.25, 0.3) is 11.3 Å². The zero-order chi connectivity index (χ0) is 20.8. The van der Waals surface area contributed by atoms with Crippen LogP contribution in [-0.2, 0) is 6.54 Å². The lowest BCUT2D eigenvalue weighted by molar-refractivity contribution is 0.255. The van der Waals surface area contributed by atoms with Gasteiger partial charge in [0.2, 0.25) is 0 Å². The summed E-state index contributed by atoms with van der Waals surface area (Å²) in [6.45, 7) is 9.11. The second-order valence-electron chi connectivity index (χ2n) is 7.72. The summed E-state index contributed by atoms with van der Waals surface area (Å²) in [7, 11) is 1.67. The van der Waals surface area contributed by atoms with E-state index in [9.17, 15) is 0 Å². The number of nitrogens with zero attached hydrogens (tertiary/aromatic N) is 3. The van der Waals surface area contributed by atoms with Gasteiger partial charge in [0.05, 0.1) is 13.7 Å². The molecule has 3 aromatic rings. The van der Waals surface area contributed by atoms with E-state index in [0.717, 1.165) is 62.0 Å². The minimum absolute atomic E-state index is 0.672. The maximum atomic E-state index is 5.49. The van der Waals surface area contributed by atoms with Gasteiger partial charge in [0.25, 0.3) is 0 Å². The second-order valence-corrected chi connectivity index (χ2v) is 7.72. The molecule has 0 spiro atoms. The van der Waals surface area contributed by atoms with E-state index in [0.29, 0.717) is 6.54 Å². The third kappa shape index (κ3) is 5.01. The van der Waals surface area contributed by atoms with Crippen molar-refractivity contribution in [2.24, 2.45) is 0 Å². The first-order valence-corrected chi connectivity index (χ1v) is 10.6. The van der Waals surface area contributed by atoms with E-state index < -0.39 is 0 Å². The number of benzene rings is 2. The summed E-state index contributed by atoms with van der Waals surface area (Å²) >= 11 is 0. The molecule has 0 atom stereocenters. The fourth-order valence-electron chi connectivity index (χ4n) is 3.81. The van der Waals surface area contributed by atoms with Gasteiger partial charge >= 0.3 is 0 Å². The van der Waals surface area contributed by atoms with Gasteiger partial charge in [-0.3, -0.25) is 4.90 Å². The number of anilines is 1. The molecule has 0 amide bonds. The number of ether oxygens (including phenoxy) is 1. The number of aromatic nitrogens is 1. The van der Waals surface area contributed by atoms with Crippen LogP contribution in [-0.4, -0.2) is 56.4 Å². The lowest BCUT2D eigenvalue weighted by Crippen LogP contribution is -2.48. The van der Waals surface area contributed by atoms with Crippen LogP contribution in [0.1, 0.15) is 11.3 Å². The Labute approximate surface area is 178 Å². The van der Waals surface area contributed by atoms with E-state index in [4.69, 9.17) is 9.26 Å². The smallest absolute Gasteiger partial charge is 0.151 e. The van der Waals surface area contributed by atoms with E-state index in [2.05, 4.69) is 51.5 Å². The SMILES string of the molecule is COc1ccccc1-c1cc(CNCCN2CCN(c3ccc(C)cc3)CC2)on1. The van der Waals surface area contributed by atoms with Crippen LogP contribution in [0.5, 0.6) is 5.75 Å². The van der Waals surface area contributed by atoms with Crippen molar-refractivity contribution in [2.75, 3.05) is 51.3 Å². The fraction of sp³-hybridized carbons (Fsp3) is 0.375. The van der Waals surface area contributed by atoms with Crippen LogP contribution in [0.2, 0.25) is 0 Å². The molecule has 1 aliphatic rings. The molecule has 6 nitrogen and oxygen atoms in total. The monoisotopic (exact) mass is 406 g/mol. The summed E-state index contributed by atoms with van der Waals surface area (Å²) in [6, 6.07) is 18.7. The molecule has 1 saturated heterocycles. The van der Waals surface area contributed by atoms with Gasteiger partial charge in [-0.15, -0.1) is 0 Å². The van der Waals surface area contributed by atoms with Gasteiger partial charge in [-0.25, -0.2) is 0 Å². The van der Waals surface area contributed by atoms with Crippen LogP contribution in [0.4, 0.5) is 5.69 Å². The Morgan fingerprint density at radius 2 is 1.80 bits per heavy atom. The number of hydrogen-bond acceptors (Lipinski definition) is 6. The number of hydrogen-bond donors (Lipinski definition) is 1. The Bertz CT molecular complexity index is 930. The highest BCUT2D eigenvalue weighted by molar-refractivity contribution is 5.66. The Balaban J connectivity index is 1.19. The molecule has 1 N–H and O–H groups in total. The molecule has 0 aliphatic carbocycles. The van der Waals surface area contributed by atoms with Crippen molar-refractivity contribution in [3.63, 3.8) is 0 Å². The fourth-order valence-corrected chi connectivity index (χ4v) is 3.81. The minimum Gasteiger partial charge on any atom is -0.496 e. The maximum absolute atomic E-state index is 5.49. The summed E-state index contributed by atoms with van der Waals surface area (Å²) in [5.74, 6) is 1.63. The number of methoxy groups -OCH3 is 1. The number of piperazine rings is 1. The van der Waals surface area contributed by atoms with Gasteiger partial charge in [0.15, 0.2) is 5.76 Å². The van der Waals surface area contributed by atoms with Gasteiger partial charge < -0.3 is 19.5 Å². The first-order chi connectivity index (χ1) is 14.7. The van der Waals surface area contributed by atoms with Gasteiger partial charge in [0.1, 0.15) is 11.4 Å². The summed E-state index contributed by atoms with van der Waals surface area (Å²) in [4.78, 5) is 4.98. The molecule has 2 heterocycles. The molecular weight excluding hydrogens is 376 g/mol. The van der Waals surface area contributed by atoms with Crippen molar-refractivity contribution in [3.05, 3.63) is 65.9 Å². The lowest BCUT2D eigenvalue weighted by atomic mass is 10.1. The molecule has 158 valence electrons. The normalized spacial score (nSPS) is 14.8. The Kier molecular flexibility index (Phi) is 6.67. The first-order valence-electron chi connectivity index (χ1n) is 10.6. The highest BCUT2D eigenvalue weighted by Crippen LogP contribution is 2.28. The van der Waals surface area contributed by atoms with Crippen LogP contribution in [0, 0.1) is 6.92 Å². The predicted octanol–water partition coefficient (Wildman–Crippen LogP) is 3.57. The molecule has 0 saturated carbocycles. The average molecular weight is 407 g/mol. The van der Waals surface area contributed by atoms with Crippen molar-refractivity contribution in [2.45, 2.75) is 13.5 Å². The standard InChI is InChI=1S/C24H30N4O2/c1-19-7-9-20(10-8-19)28-15-13-27(14-16-28)12-11-25-18-21-17-23(26-30-21)22-5-3-4-6-24(22)29-2/h3-10,17,25H,11-16,18H2,1-2H3. The molecule has 1 aliphatic heterocycles. The number of aryl methyl sites for hydroxylation is 1. The van der Waals surface area contributed by atoms with E-state index in [1.807, 2.05) is 30.3 Å².